The van der Waals surface area contributed by atoms with Crippen LogP contribution in [0.25, 0.3) is 53.9 Å². The van der Waals surface area contributed by atoms with Crippen LogP contribution in [-0.4, -0.2) is 7.28 Å². The zero-order valence-corrected chi connectivity index (χ0v) is 52.1. The minimum atomic E-state index is 0.0375. The molecule has 0 spiro atoms. The Morgan fingerprint density at radius 2 is 0.938 bits per heavy atom. The van der Waals surface area contributed by atoms with E-state index in [2.05, 4.69) is 232 Å². The normalized spacial score (nSPS) is 21.0. The third kappa shape index (κ3) is 7.69. The predicted octanol–water partition coefficient (Wildman–Crippen LogP) is 20.5. The molecule has 0 fully saturated rings. The van der Waals surface area contributed by atoms with Gasteiger partial charge in [0.05, 0.1) is 5.69 Å². The van der Waals surface area contributed by atoms with E-state index in [9.17, 15) is 0 Å². The van der Waals surface area contributed by atoms with E-state index in [0.717, 1.165) is 59.2 Å². The molecule has 14 rings (SSSR count). The van der Waals surface area contributed by atoms with Crippen LogP contribution in [-0.2, 0) is 43.3 Å². The van der Waals surface area contributed by atoms with Crippen molar-refractivity contribution in [2.45, 2.75) is 212 Å². The third-order valence-electron chi connectivity index (χ3n) is 21.9. The van der Waals surface area contributed by atoms with Crippen LogP contribution in [0.4, 0.5) is 28.4 Å². The number of thiophene rings is 1. The average molecular weight is 1070 g/mol. The lowest BCUT2D eigenvalue weighted by molar-refractivity contribution is 0.332. The maximum absolute atomic E-state index is 7.26. The third-order valence-corrected chi connectivity index (χ3v) is 23.0. The minimum absolute atomic E-state index is 0.0375. The van der Waals surface area contributed by atoms with Crippen LogP contribution in [0.1, 0.15) is 212 Å². The van der Waals surface area contributed by atoms with Crippen LogP contribution in [0, 0.1) is 6.92 Å². The van der Waals surface area contributed by atoms with Crippen LogP contribution in [0.3, 0.4) is 0 Å². The Hall–Kier alpha value is -5.78. The first-order valence-electron chi connectivity index (χ1n) is 30.4. The second-order valence-electron chi connectivity index (χ2n) is 31.1. The van der Waals surface area contributed by atoms with Gasteiger partial charge in [0.1, 0.15) is 11.2 Å². The van der Waals surface area contributed by atoms with E-state index in [0.29, 0.717) is 0 Å². The van der Waals surface area contributed by atoms with Gasteiger partial charge in [-0.25, -0.2) is 0 Å². The summed E-state index contributed by atoms with van der Waals surface area (Å²) >= 11 is 1.98. The molecule has 0 saturated carbocycles. The molecule has 7 aromatic carbocycles. The van der Waals surface area contributed by atoms with E-state index in [1.165, 1.54) is 135 Å². The number of nitrogens with one attached hydrogen (secondary N) is 1. The van der Waals surface area contributed by atoms with Crippen molar-refractivity contribution in [1.29, 1.82) is 0 Å². The monoisotopic (exact) mass is 1070 g/mol. The van der Waals surface area contributed by atoms with Gasteiger partial charge < -0.3 is 14.6 Å². The molecule has 80 heavy (non-hydrogen) atoms. The predicted molar refractivity (Wildman–Crippen MR) is 347 cm³/mol. The Morgan fingerprint density at radius 3 is 1.55 bits per heavy atom. The van der Waals surface area contributed by atoms with E-state index < -0.39 is 0 Å². The quantitative estimate of drug-likeness (QED) is 0.178. The summed E-state index contributed by atoms with van der Waals surface area (Å²) < 4.78 is 9.94. The highest BCUT2D eigenvalue weighted by atomic mass is 32.1. The Bertz CT molecular complexity index is 4160. The zero-order chi connectivity index (χ0) is 56.4. The van der Waals surface area contributed by atoms with Gasteiger partial charge in [-0.1, -0.05) is 147 Å². The number of fused-ring (bicyclic) bond motifs is 12. The highest BCUT2D eigenvalue weighted by Gasteiger charge is 2.44. The van der Waals surface area contributed by atoms with Crippen LogP contribution in [0.5, 0.6) is 0 Å². The fourth-order valence-corrected chi connectivity index (χ4v) is 17.1. The van der Waals surface area contributed by atoms with Gasteiger partial charge in [-0.05, 0) is 239 Å². The molecule has 0 atom stereocenters. The SMILES string of the molecule is Cc1cc2c(cc1N1c3cc4ccccc4c(-c4cc5oc6cc7c(cc6c5cc4Nc4ccc5c(c4)C(C)(C)CCC5(C)C)C(C)(C)CCC7(C)C)c3[B]c3sc4cc5c(cc4c31)C(C)(C)CCC5(C)C)C(C)(C)CCC2(C)C. The summed E-state index contributed by atoms with van der Waals surface area (Å²) in [5.41, 5.74) is 25.3. The van der Waals surface area contributed by atoms with Crippen molar-refractivity contribution in [3.05, 3.63) is 147 Å². The lowest BCUT2D eigenvalue weighted by Gasteiger charge is -2.44. The number of hydrogen-bond donors (Lipinski definition) is 1. The largest absolute Gasteiger partial charge is 0.456 e. The first-order chi connectivity index (χ1) is 37.4. The van der Waals surface area contributed by atoms with Gasteiger partial charge in [-0.3, -0.25) is 0 Å². The second-order valence-corrected chi connectivity index (χ2v) is 32.2. The van der Waals surface area contributed by atoms with Gasteiger partial charge in [0.25, 0.3) is 0 Å². The zero-order valence-electron chi connectivity index (χ0n) is 51.2. The number of anilines is 5. The molecule has 0 bridgehead atoms. The van der Waals surface area contributed by atoms with E-state index in [1.807, 2.05) is 11.3 Å². The molecule has 1 aliphatic heterocycles. The first kappa shape index (κ1) is 52.3. The van der Waals surface area contributed by atoms with Crippen molar-refractivity contribution >= 4 is 100 Å². The van der Waals surface area contributed by atoms with Crippen molar-refractivity contribution in [1.82, 2.24) is 0 Å². The molecule has 5 aliphatic rings. The van der Waals surface area contributed by atoms with E-state index in [-0.39, 0.29) is 43.3 Å². The minimum Gasteiger partial charge on any atom is -0.456 e. The molecule has 1 N–H and O–H groups in total. The van der Waals surface area contributed by atoms with Crippen molar-refractivity contribution < 1.29 is 4.42 Å². The summed E-state index contributed by atoms with van der Waals surface area (Å²) in [4.78, 5) is 2.73. The molecule has 3 heterocycles. The highest BCUT2D eigenvalue weighted by Crippen LogP contribution is 2.56. The molecule has 0 saturated heterocycles. The number of nitrogens with zero attached hydrogens (tertiary/aromatic N) is 1. The topological polar surface area (TPSA) is 28.4 Å². The summed E-state index contributed by atoms with van der Waals surface area (Å²) in [6.45, 7) is 41.6. The molecular formula is C75H84BN2OS. The Kier molecular flexibility index (Phi) is 10.9. The summed E-state index contributed by atoms with van der Waals surface area (Å²) in [6, 6.07) is 39.2. The maximum atomic E-state index is 7.26. The van der Waals surface area contributed by atoms with Gasteiger partial charge in [0.15, 0.2) is 0 Å². The van der Waals surface area contributed by atoms with Crippen molar-refractivity contribution in [3.63, 3.8) is 0 Å². The lowest BCUT2D eigenvalue weighted by atomic mass is 9.60. The fraction of sp³-hybridized carbons (Fsp3) is 0.440. The summed E-state index contributed by atoms with van der Waals surface area (Å²) in [6.07, 6.45) is 9.39. The van der Waals surface area contributed by atoms with Gasteiger partial charge in [-0.15, -0.1) is 11.3 Å². The second kappa shape index (κ2) is 16.7. The Balaban J connectivity index is 1.08. The highest BCUT2D eigenvalue weighted by molar-refractivity contribution is 7.29. The van der Waals surface area contributed by atoms with Gasteiger partial charge >= 0.3 is 0 Å². The summed E-state index contributed by atoms with van der Waals surface area (Å²) in [5, 5.41) is 10.4. The van der Waals surface area contributed by atoms with Gasteiger partial charge in [0, 0.05) is 49.2 Å². The Labute approximate surface area is 482 Å². The van der Waals surface area contributed by atoms with Crippen LogP contribution >= 0.6 is 11.3 Å². The molecule has 3 nitrogen and oxygen atoms in total. The molecule has 5 heteroatoms. The number of aryl methyl sites for hydroxylation is 1. The molecule has 2 aromatic heterocycles. The summed E-state index contributed by atoms with van der Waals surface area (Å²) in [5.74, 6) is 0. The molecule has 0 unspecified atom stereocenters. The molecule has 0 amide bonds. The van der Waals surface area contributed by atoms with Crippen LogP contribution in [0.2, 0.25) is 0 Å². The van der Waals surface area contributed by atoms with Gasteiger partial charge in [-0.2, -0.15) is 0 Å². The molecular weight excluding hydrogens is 988 g/mol. The van der Waals surface area contributed by atoms with E-state index in [1.54, 1.807) is 0 Å². The lowest BCUT2D eigenvalue weighted by Crippen LogP contribution is -2.40. The van der Waals surface area contributed by atoms with E-state index in [4.69, 9.17) is 4.42 Å². The Morgan fingerprint density at radius 1 is 0.450 bits per heavy atom. The number of furan rings is 1. The van der Waals surface area contributed by atoms with Crippen molar-refractivity contribution in [2.75, 3.05) is 10.2 Å². The van der Waals surface area contributed by atoms with Crippen molar-refractivity contribution in [3.8, 4) is 11.1 Å². The molecule has 9 aromatic rings. The number of hydrogen-bond acceptors (Lipinski definition) is 4. The standard InChI is InChI=1S/C75H84BN2OS/c1-42-32-51-55(73(12,13)29-26-69(51,4)5)39-59(42)78-60-33-43-20-18-19-21-45(43)64(65(60)76-67-66(78)49-36-54-57(41-63(49)80-67)75(16,17)31-28-72(54,10)11)48-38-61-47(46-35-53-56(40-62(46)79-61)74(14,15)30-27-71(53,8)9)37-58(48)77-44-22-23-50-52(34-44)70(6,7)25-24-68(50,2)3/h18-23,32-41,77H,24-31H2,1-17H3. The number of benzene rings is 7. The van der Waals surface area contributed by atoms with Gasteiger partial charge in [0.2, 0.25) is 7.28 Å². The smallest absolute Gasteiger partial charge is 0.211 e. The molecule has 4 aliphatic carbocycles. The van der Waals surface area contributed by atoms with Crippen LogP contribution < -0.4 is 20.5 Å². The average Bonchev–Trinajstić information content (AvgIpc) is 4.13. The summed E-state index contributed by atoms with van der Waals surface area (Å²) in [7, 11) is 2.58. The maximum Gasteiger partial charge on any atom is 0.211 e. The molecule has 1 radical (unpaired) electrons. The van der Waals surface area contributed by atoms with Crippen LogP contribution in [0.15, 0.2) is 101 Å². The molecule has 409 valence electrons. The fourth-order valence-electron chi connectivity index (χ4n) is 15.9. The number of rotatable bonds is 4. The van der Waals surface area contributed by atoms with E-state index >= 15 is 0 Å². The first-order valence-corrected chi connectivity index (χ1v) is 31.2. The van der Waals surface area contributed by atoms with Crippen molar-refractivity contribution in [2.24, 2.45) is 0 Å².